The first kappa shape index (κ1) is 11.3. The molecule has 0 aromatic carbocycles. The van der Waals surface area contributed by atoms with Gasteiger partial charge in [0.15, 0.2) is 11.2 Å². The van der Waals surface area contributed by atoms with E-state index < -0.39 is 5.56 Å². The van der Waals surface area contributed by atoms with E-state index >= 15 is 0 Å². The quantitative estimate of drug-likeness (QED) is 0.585. The summed E-state index contributed by atoms with van der Waals surface area (Å²) >= 11 is 0. The average Bonchev–Trinajstić information content (AvgIpc) is 2.30. The fourth-order valence-corrected chi connectivity index (χ4v) is 1.23. The SMILES string of the molecule is Nc1nc2ncc(OCCCO)nc2c(=O)[nH]1. The summed E-state index contributed by atoms with van der Waals surface area (Å²) in [5, 5.41) is 8.60. The maximum Gasteiger partial charge on any atom is 0.280 e. The van der Waals surface area contributed by atoms with Gasteiger partial charge in [-0.25, -0.2) is 9.97 Å². The van der Waals surface area contributed by atoms with Gasteiger partial charge in [0.25, 0.3) is 5.56 Å². The van der Waals surface area contributed by atoms with Crippen LogP contribution in [0.3, 0.4) is 0 Å². The van der Waals surface area contributed by atoms with Gasteiger partial charge in [0.1, 0.15) is 0 Å². The van der Waals surface area contributed by atoms with Gasteiger partial charge in [-0.15, -0.1) is 0 Å². The summed E-state index contributed by atoms with van der Waals surface area (Å²) < 4.78 is 5.19. The van der Waals surface area contributed by atoms with Crippen LogP contribution in [0.1, 0.15) is 6.42 Å². The molecule has 0 aliphatic heterocycles. The van der Waals surface area contributed by atoms with Crippen molar-refractivity contribution in [1.82, 2.24) is 19.9 Å². The van der Waals surface area contributed by atoms with E-state index in [0.717, 1.165) is 0 Å². The summed E-state index contributed by atoms with van der Waals surface area (Å²) in [6, 6.07) is 0. The minimum atomic E-state index is -0.465. The number of hydrogen-bond donors (Lipinski definition) is 3. The molecule has 90 valence electrons. The summed E-state index contributed by atoms with van der Waals surface area (Å²) in [4.78, 5) is 25.5. The highest BCUT2D eigenvalue weighted by molar-refractivity contribution is 5.69. The standard InChI is InChI=1S/C9H11N5O3/c10-9-13-7-6(8(16)14-9)12-5(4-11-7)17-3-1-2-15/h4,15H,1-3H2,(H3,10,11,13,14,16). The van der Waals surface area contributed by atoms with E-state index in [1.165, 1.54) is 6.20 Å². The Morgan fingerprint density at radius 2 is 2.29 bits per heavy atom. The number of nitrogens with zero attached hydrogens (tertiary/aromatic N) is 3. The third-order valence-corrected chi connectivity index (χ3v) is 1.97. The third-order valence-electron chi connectivity index (χ3n) is 1.97. The zero-order valence-corrected chi connectivity index (χ0v) is 8.88. The highest BCUT2D eigenvalue weighted by Crippen LogP contribution is 2.08. The topological polar surface area (TPSA) is 127 Å². The van der Waals surface area contributed by atoms with Crippen LogP contribution in [0.15, 0.2) is 11.0 Å². The Balaban J connectivity index is 2.33. The number of fused-ring (bicyclic) bond motifs is 1. The van der Waals surface area contributed by atoms with Crippen molar-refractivity contribution < 1.29 is 9.84 Å². The van der Waals surface area contributed by atoms with Crippen molar-refractivity contribution in [1.29, 1.82) is 0 Å². The van der Waals surface area contributed by atoms with Gasteiger partial charge >= 0.3 is 0 Å². The lowest BCUT2D eigenvalue weighted by Gasteiger charge is -2.03. The van der Waals surface area contributed by atoms with Crippen molar-refractivity contribution >= 4 is 17.1 Å². The lowest BCUT2D eigenvalue weighted by Crippen LogP contribution is -2.14. The second-order valence-corrected chi connectivity index (χ2v) is 3.26. The molecule has 4 N–H and O–H groups in total. The monoisotopic (exact) mass is 237 g/mol. The average molecular weight is 237 g/mol. The lowest BCUT2D eigenvalue weighted by molar-refractivity contribution is 0.229. The van der Waals surface area contributed by atoms with Crippen molar-refractivity contribution in [2.75, 3.05) is 18.9 Å². The predicted octanol–water partition coefficient (Wildman–Crippen LogP) is -0.944. The first-order chi connectivity index (χ1) is 8.20. The number of anilines is 1. The number of hydrogen-bond acceptors (Lipinski definition) is 7. The van der Waals surface area contributed by atoms with Crippen molar-refractivity contribution in [2.24, 2.45) is 0 Å². The summed E-state index contributed by atoms with van der Waals surface area (Å²) in [7, 11) is 0. The molecule has 0 spiro atoms. The summed E-state index contributed by atoms with van der Waals surface area (Å²) in [5.74, 6) is 0.203. The summed E-state index contributed by atoms with van der Waals surface area (Å²) in [6.07, 6.45) is 1.83. The number of aromatic nitrogens is 4. The maximum atomic E-state index is 11.5. The van der Waals surface area contributed by atoms with E-state index in [9.17, 15) is 4.79 Å². The fraction of sp³-hybridized carbons (Fsp3) is 0.333. The second-order valence-electron chi connectivity index (χ2n) is 3.26. The van der Waals surface area contributed by atoms with Gasteiger partial charge in [-0.1, -0.05) is 0 Å². The summed E-state index contributed by atoms with van der Waals surface area (Å²) in [5.41, 5.74) is 5.14. The largest absolute Gasteiger partial charge is 0.476 e. The zero-order chi connectivity index (χ0) is 12.3. The van der Waals surface area contributed by atoms with Crippen LogP contribution < -0.4 is 16.0 Å². The number of rotatable bonds is 4. The van der Waals surface area contributed by atoms with Crippen molar-refractivity contribution in [3.63, 3.8) is 0 Å². The minimum absolute atomic E-state index is 0.00857. The van der Waals surface area contributed by atoms with Crippen LogP contribution in [-0.4, -0.2) is 38.3 Å². The second kappa shape index (κ2) is 4.74. The number of ether oxygens (including phenoxy) is 1. The van der Waals surface area contributed by atoms with Crippen LogP contribution in [0.5, 0.6) is 5.88 Å². The fourth-order valence-electron chi connectivity index (χ4n) is 1.23. The Morgan fingerprint density at radius 3 is 3.06 bits per heavy atom. The number of aliphatic hydroxyl groups excluding tert-OH is 1. The van der Waals surface area contributed by atoms with Crippen LogP contribution in [-0.2, 0) is 0 Å². The molecule has 2 aromatic heterocycles. The Hall–Kier alpha value is -2.22. The van der Waals surface area contributed by atoms with Gasteiger partial charge in [-0.05, 0) is 0 Å². The Labute approximate surface area is 95.5 Å². The smallest absolute Gasteiger partial charge is 0.280 e. The molecule has 0 saturated heterocycles. The molecular formula is C9H11N5O3. The van der Waals surface area contributed by atoms with E-state index in [1.54, 1.807) is 0 Å². The number of nitrogen functional groups attached to an aromatic ring is 1. The van der Waals surface area contributed by atoms with Crippen LogP contribution in [0.2, 0.25) is 0 Å². The molecule has 8 nitrogen and oxygen atoms in total. The van der Waals surface area contributed by atoms with Crippen molar-refractivity contribution in [3.05, 3.63) is 16.6 Å². The predicted molar refractivity (Wildman–Crippen MR) is 59.6 cm³/mol. The highest BCUT2D eigenvalue weighted by atomic mass is 16.5. The Morgan fingerprint density at radius 1 is 1.47 bits per heavy atom. The molecule has 0 aliphatic rings. The van der Waals surface area contributed by atoms with Crippen molar-refractivity contribution in [2.45, 2.75) is 6.42 Å². The molecule has 2 rings (SSSR count). The molecule has 0 atom stereocenters. The first-order valence-electron chi connectivity index (χ1n) is 4.97. The zero-order valence-electron chi connectivity index (χ0n) is 8.88. The van der Waals surface area contributed by atoms with Gasteiger partial charge in [-0.3, -0.25) is 9.78 Å². The van der Waals surface area contributed by atoms with Crippen LogP contribution in [0, 0.1) is 0 Å². The summed E-state index contributed by atoms with van der Waals surface area (Å²) in [6.45, 7) is 0.330. The molecule has 2 heterocycles. The van der Waals surface area contributed by atoms with Gasteiger partial charge < -0.3 is 15.6 Å². The number of nitrogens with two attached hydrogens (primary N) is 1. The molecule has 0 unspecified atom stereocenters. The molecule has 2 aromatic rings. The van der Waals surface area contributed by atoms with Crippen molar-refractivity contribution in [3.8, 4) is 5.88 Å². The highest BCUT2D eigenvalue weighted by Gasteiger charge is 2.06. The van der Waals surface area contributed by atoms with Gasteiger partial charge in [0, 0.05) is 13.0 Å². The molecule has 8 heteroatoms. The molecule has 0 amide bonds. The van der Waals surface area contributed by atoms with Crippen LogP contribution >= 0.6 is 0 Å². The van der Waals surface area contributed by atoms with Gasteiger partial charge in [0.05, 0.1) is 12.8 Å². The molecule has 0 radical (unpaired) electrons. The maximum absolute atomic E-state index is 11.5. The lowest BCUT2D eigenvalue weighted by atomic mass is 10.5. The third kappa shape index (κ3) is 2.48. The van der Waals surface area contributed by atoms with E-state index in [0.29, 0.717) is 13.0 Å². The van der Waals surface area contributed by atoms with Crippen LogP contribution in [0.25, 0.3) is 11.2 Å². The number of H-pyrrole nitrogens is 1. The Bertz CT molecular complexity index is 582. The van der Waals surface area contributed by atoms with Crippen LogP contribution in [0.4, 0.5) is 5.95 Å². The number of aliphatic hydroxyl groups is 1. The van der Waals surface area contributed by atoms with E-state index in [4.69, 9.17) is 15.6 Å². The molecule has 0 bridgehead atoms. The van der Waals surface area contributed by atoms with Gasteiger partial charge in [-0.2, -0.15) is 4.98 Å². The minimum Gasteiger partial charge on any atom is -0.476 e. The number of aromatic amines is 1. The van der Waals surface area contributed by atoms with Gasteiger partial charge in [0.2, 0.25) is 11.8 Å². The van der Waals surface area contributed by atoms with E-state index in [2.05, 4.69) is 19.9 Å². The van der Waals surface area contributed by atoms with E-state index in [1.807, 2.05) is 0 Å². The molecule has 17 heavy (non-hydrogen) atoms. The number of nitrogens with one attached hydrogen (secondary N) is 1. The molecular weight excluding hydrogens is 226 g/mol. The normalized spacial score (nSPS) is 10.6. The first-order valence-corrected chi connectivity index (χ1v) is 4.97. The molecule has 0 aliphatic carbocycles. The molecule has 0 saturated carbocycles. The van der Waals surface area contributed by atoms with E-state index in [-0.39, 0.29) is 29.6 Å². The molecule has 0 fully saturated rings. The Kier molecular flexibility index (Phi) is 3.15.